The van der Waals surface area contributed by atoms with Gasteiger partial charge >= 0.3 is 0 Å². The van der Waals surface area contributed by atoms with Gasteiger partial charge in [-0.25, -0.2) is 0 Å². The lowest BCUT2D eigenvalue weighted by atomic mass is 10.1. The maximum Gasteiger partial charge on any atom is 0.228 e. The molecule has 4 rings (SSSR count). The Morgan fingerprint density at radius 1 is 1.20 bits per heavy atom. The Morgan fingerprint density at radius 2 is 2.00 bits per heavy atom. The van der Waals surface area contributed by atoms with Gasteiger partial charge in [-0.05, 0) is 19.1 Å². The number of benzene rings is 1. The second-order valence-electron chi connectivity index (χ2n) is 6.87. The SMILES string of the molecule is CC1CN(C(=O)C2CC(=O)N(c3ccc4c(c3)OCCO4)C2)CCN1. The van der Waals surface area contributed by atoms with Crippen LogP contribution in [0.1, 0.15) is 13.3 Å². The number of hydrogen-bond acceptors (Lipinski definition) is 5. The second-order valence-corrected chi connectivity index (χ2v) is 6.87. The lowest BCUT2D eigenvalue weighted by Gasteiger charge is -2.33. The number of carbonyl (C=O) groups excluding carboxylic acids is 2. The summed E-state index contributed by atoms with van der Waals surface area (Å²) >= 11 is 0. The molecule has 0 aromatic heterocycles. The minimum Gasteiger partial charge on any atom is -0.486 e. The molecule has 7 heteroatoms. The first kappa shape index (κ1) is 16.2. The summed E-state index contributed by atoms with van der Waals surface area (Å²) in [5, 5.41) is 3.33. The highest BCUT2D eigenvalue weighted by molar-refractivity contribution is 6.00. The number of nitrogens with zero attached hydrogens (tertiary/aromatic N) is 2. The first-order valence-electron chi connectivity index (χ1n) is 8.84. The van der Waals surface area contributed by atoms with Gasteiger partial charge in [-0.15, -0.1) is 0 Å². The number of carbonyl (C=O) groups is 2. The molecule has 3 heterocycles. The molecule has 1 aromatic carbocycles. The van der Waals surface area contributed by atoms with Gasteiger partial charge in [-0.3, -0.25) is 9.59 Å². The van der Waals surface area contributed by atoms with Crippen LogP contribution in [0.2, 0.25) is 0 Å². The molecule has 0 bridgehead atoms. The van der Waals surface area contributed by atoms with E-state index in [1.807, 2.05) is 23.1 Å². The first-order valence-corrected chi connectivity index (χ1v) is 8.84. The summed E-state index contributed by atoms with van der Waals surface area (Å²) in [6.45, 7) is 5.75. The van der Waals surface area contributed by atoms with Gasteiger partial charge in [-0.1, -0.05) is 0 Å². The molecule has 2 fully saturated rings. The highest BCUT2D eigenvalue weighted by Gasteiger charge is 2.38. The fourth-order valence-corrected chi connectivity index (χ4v) is 3.71. The van der Waals surface area contributed by atoms with Crippen molar-refractivity contribution in [3.05, 3.63) is 18.2 Å². The molecule has 3 aliphatic heterocycles. The third-order valence-corrected chi connectivity index (χ3v) is 4.99. The molecule has 0 radical (unpaired) electrons. The number of ether oxygens (including phenoxy) is 2. The van der Waals surface area contributed by atoms with Gasteiger partial charge in [0.1, 0.15) is 13.2 Å². The minimum absolute atomic E-state index is 0.0155. The molecule has 2 amide bonds. The van der Waals surface area contributed by atoms with Gasteiger partial charge in [0.2, 0.25) is 11.8 Å². The average molecular weight is 345 g/mol. The van der Waals surface area contributed by atoms with Crippen LogP contribution in [0.25, 0.3) is 0 Å². The van der Waals surface area contributed by atoms with Crippen molar-refractivity contribution in [3.63, 3.8) is 0 Å². The Kier molecular flexibility index (Phi) is 4.25. The van der Waals surface area contributed by atoms with Crippen molar-refractivity contribution < 1.29 is 19.1 Å². The summed E-state index contributed by atoms with van der Waals surface area (Å²) < 4.78 is 11.1. The fourth-order valence-electron chi connectivity index (χ4n) is 3.71. The average Bonchev–Trinajstić information content (AvgIpc) is 3.02. The van der Waals surface area contributed by atoms with E-state index in [9.17, 15) is 9.59 Å². The van der Waals surface area contributed by atoms with Crippen LogP contribution in [0.15, 0.2) is 18.2 Å². The molecule has 0 spiro atoms. The van der Waals surface area contributed by atoms with Crippen LogP contribution < -0.4 is 19.7 Å². The van der Waals surface area contributed by atoms with Crippen LogP contribution in [0.3, 0.4) is 0 Å². The maximum absolute atomic E-state index is 12.8. The Morgan fingerprint density at radius 3 is 2.80 bits per heavy atom. The summed E-state index contributed by atoms with van der Waals surface area (Å²) in [7, 11) is 0. The molecule has 134 valence electrons. The van der Waals surface area contributed by atoms with Gasteiger partial charge in [-0.2, -0.15) is 0 Å². The molecule has 0 aliphatic carbocycles. The van der Waals surface area contributed by atoms with Crippen LogP contribution >= 0.6 is 0 Å². The normalized spacial score (nSPS) is 26.0. The standard InChI is InChI=1S/C18H23N3O4/c1-12-10-20(5-4-19-12)18(23)13-8-17(22)21(11-13)14-2-3-15-16(9-14)25-7-6-24-15/h2-3,9,12-13,19H,4-8,10-11H2,1H3. The van der Waals surface area contributed by atoms with Gasteiger partial charge in [0, 0.05) is 50.4 Å². The topological polar surface area (TPSA) is 71.1 Å². The van der Waals surface area contributed by atoms with Crippen molar-refractivity contribution in [1.82, 2.24) is 10.2 Å². The maximum atomic E-state index is 12.8. The number of amides is 2. The molecule has 1 N–H and O–H groups in total. The van der Waals surface area contributed by atoms with Crippen LogP contribution in [0, 0.1) is 5.92 Å². The molecule has 3 aliphatic rings. The van der Waals surface area contributed by atoms with E-state index in [-0.39, 0.29) is 24.2 Å². The molecule has 2 unspecified atom stereocenters. The molecule has 2 saturated heterocycles. The Bertz CT molecular complexity index is 693. The number of anilines is 1. The smallest absolute Gasteiger partial charge is 0.228 e. The number of fused-ring (bicyclic) bond motifs is 1. The van der Waals surface area contributed by atoms with E-state index in [0.717, 1.165) is 12.2 Å². The predicted molar refractivity (Wildman–Crippen MR) is 91.9 cm³/mol. The Balaban J connectivity index is 1.47. The van der Waals surface area contributed by atoms with E-state index < -0.39 is 0 Å². The molecular weight excluding hydrogens is 322 g/mol. The minimum atomic E-state index is -0.272. The van der Waals surface area contributed by atoms with Crippen LogP contribution in [0.4, 0.5) is 5.69 Å². The van der Waals surface area contributed by atoms with E-state index in [4.69, 9.17) is 9.47 Å². The zero-order valence-electron chi connectivity index (χ0n) is 14.4. The van der Waals surface area contributed by atoms with Crippen molar-refractivity contribution in [2.24, 2.45) is 5.92 Å². The van der Waals surface area contributed by atoms with E-state index in [2.05, 4.69) is 12.2 Å². The zero-order chi connectivity index (χ0) is 17.4. The first-order chi connectivity index (χ1) is 12.1. The lowest BCUT2D eigenvalue weighted by molar-refractivity contribution is -0.136. The largest absolute Gasteiger partial charge is 0.486 e. The molecular formula is C18H23N3O4. The molecule has 25 heavy (non-hydrogen) atoms. The number of piperazine rings is 1. The van der Waals surface area contributed by atoms with Gasteiger partial charge < -0.3 is 24.6 Å². The summed E-state index contributed by atoms with van der Waals surface area (Å²) in [5.74, 6) is 1.15. The van der Waals surface area contributed by atoms with Gasteiger partial charge in [0.15, 0.2) is 11.5 Å². The van der Waals surface area contributed by atoms with Gasteiger partial charge in [0.05, 0.1) is 5.92 Å². The van der Waals surface area contributed by atoms with Crippen molar-refractivity contribution >= 4 is 17.5 Å². The lowest BCUT2D eigenvalue weighted by Crippen LogP contribution is -2.53. The van der Waals surface area contributed by atoms with Gasteiger partial charge in [0.25, 0.3) is 0 Å². The quantitative estimate of drug-likeness (QED) is 0.851. The molecule has 0 saturated carbocycles. The van der Waals surface area contributed by atoms with E-state index in [1.54, 1.807) is 4.90 Å². The second kappa shape index (κ2) is 6.55. The van der Waals surface area contributed by atoms with Crippen molar-refractivity contribution in [2.75, 3.05) is 44.3 Å². The Hall–Kier alpha value is -2.28. The highest BCUT2D eigenvalue weighted by Crippen LogP contribution is 2.36. The summed E-state index contributed by atoms with van der Waals surface area (Å²) in [6.07, 6.45) is 0.269. The molecule has 1 aromatic rings. The molecule has 2 atom stereocenters. The third kappa shape index (κ3) is 3.16. The number of rotatable bonds is 2. The highest BCUT2D eigenvalue weighted by atomic mass is 16.6. The van der Waals surface area contributed by atoms with Crippen LogP contribution in [-0.4, -0.2) is 62.1 Å². The van der Waals surface area contributed by atoms with Crippen molar-refractivity contribution in [3.8, 4) is 11.5 Å². The van der Waals surface area contributed by atoms with Crippen molar-refractivity contribution in [2.45, 2.75) is 19.4 Å². The number of hydrogen-bond donors (Lipinski definition) is 1. The van der Waals surface area contributed by atoms with E-state index >= 15 is 0 Å². The summed E-state index contributed by atoms with van der Waals surface area (Å²) in [6, 6.07) is 5.80. The monoisotopic (exact) mass is 345 g/mol. The van der Waals surface area contributed by atoms with Crippen LogP contribution in [-0.2, 0) is 9.59 Å². The molecule has 7 nitrogen and oxygen atoms in total. The van der Waals surface area contributed by atoms with E-state index in [0.29, 0.717) is 50.4 Å². The van der Waals surface area contributed by atoms with Crippen LogP contribution in [0.5, 0.6) is 11.5 Å². The van der Waals surface area contributed by atoms with Crippen molar-refractivity contribution in [1.29, 1.82) is 0 Å². The summed E-state index contributed by atoms with van der Waals surface area (Å²) in [5.41, 5.74) is 0.762. The van der Waals surface area contributed by atoms with E-state index in [1.165, 1.54) is 0 Å². The Labute approximate surface area is 146 Å². The number of nitrogens with one attached hydrogen (secondary N) is 1. The summed E-state index contributed by atoms with van der Waals surface area (Å²) in [4.78, 5) is 28.8. The fraction of sp³-hybridized carbons (Fsp3) is 0.556. The predicted octanol–water partition coefficient (Wildman–Crippen LogP) is 0.631. The third-order valence-electron chi connectivity index (χ3n) is 4.99. The zero-order valence-corrected chi connectivity index (χ0v) is 14.4.